The molecule has 5 heteroatoms. The van der Waals surface area contributed by atoms with E-state index in [1.165, 1.54) is 0 Å². The molecule has 0 saturated carbocycles. The fourth-order valence-electron chi connectivity index (χ4n) is 3.67. The number of hydrogen-bond donors (Lipinski definition) is 0. The van der Waals surface area contributed by atoms with Crippen LogP contribution in [0.25, 0.3) is 0 Å². The molecule has 0 atom stereocenters. The van der Waals surface area contributed by atoms with E-state index in [-0.39, 0.29) is 5.91 Å². The van der Waals surface area contributed by atoms with Gasteiger partial charge in [0, 0.05) is 58.1 Å². The fraction of sp³-hybridized carbons (Fsp3) is 0.458. The zero-order valence-corrected chi connectivity index (χ0v) is 17.9. The summed E-state index contributed by atoms with van der Waals surface area (Å²) in [4.78, 5) is 19.8. The Kier molecular flexibility index (Phi) is 7.67. The summed E-state index contributed by atoms with van der Waals surface area (Å²) >= 11 is 0. The molecule has 2 aromatic carbocycles. The lowest BCUT2D eigenvalue weighted by atomic mass is 10.1. The van der Waals surface area contributed by atoms with Gasteiger partial charge in [-0.3, -0.25) is 9.69 Å². The Morgan fingerprint density at radius 3 is 2.38 bits per heavy atom. The number of anilines is 1. The summed E-state index contributed by atoms with van der Waals surface area (Å²) in [6.07, 6.45) is 0.966. The molecule has 1 saturated heterocycles. The van der Waals surface area contributed by atoms with Crippen molar-refractivity contribution in [3.05, 3.63) is 65.2 Å². The van der Waals surface area contributed by atoms with Crippen molar-refractivity contribution in [1.29, 1.82) is 0 Å². The van der Waals surface area contributed by atoms with Crippen LogP contribution in [0.15, 0.2) is 48.5 Å². The van der Waals surface area contributed by atoms with Crippen molar-refractivity contribution in [2.45, 2.75) is 19.9 Å². The van der Waals surface area contributed by atoms with Crippen molar-refractivity contribution in [2.75, 3.05) is 58.4 Å². The molecular formula is C24H33N3O2. The quantitative estimate of drug-likeness (QED) is 0.686. The lowest BCUT2D eigenvalue weighted by Gasteiger charge is -2.29. The molecule has 0 aliphatic carbocycles. The number of ether oxygens (including phenoxy) is 1. The Labute approximate surface area is 174 Å². The molecule has 0 spiro atoms. The molecule has 1 amide bonds. The Morgan fingerprint density at radius 1 is 1.03 bits per heavy atom. The molecule has 0 radical (unpaired) electrons. The Morgan fingerprint density at radius 2 is 1.72 bits per heavy atom. The lowest BCUT2D eigenvalue weighted by molar-refractivity contribution is 0.0355. The lowest BCUT2D eigenvalue weighted by Crippen LogP contribution is -2.39. The minimum Gasteiger partial charge on any atom is -0.379 e. The van der Waals surface area contributed by atoms with Gasteiger partial charge in [-0.2, -0.15) is 0 Å². The highest BCUT2D eigenvalue weighted by Gasteiger charge is 2.18. The van der Waals surface area contributed by atoms with E-state index in [9.17, 15) is 4.79 Å². The van der Waals surface area contributed by atoms with Crippen LogP contribution >= 0.6 is 0 Å². The van der Waals surface area contributed by atoms with E-state index in [0.29, 0.717) is 6.54 Å². The molecule has 1 aliphatic rings. The summed E-state index contributed by atoms with van der Waals surface area (Å²) in [6.45, 7) is 7.97. The van der Waals surface area contributed by atoms with Crippen LogP contribution in [0.1, 0.15) is 27.9 Å². The molecule has 0 N–H and O–H groups in total. The van der Waals surface area contributed by atoms with E-state index in [2.05, 4.69) is 34.1 Å². The first-order valence-electron chi connectivity index (χ1n) is 10.5. The molecule has 0 bridgehead atoms. The number of morpholine rings is 1. The molecule has 2 aromatic rings. The van der Waals surface area contributed by atoms with Gasteiger partial charge < -0.3 is 14.5 Å². The molecule has 3 rings (SSSR count). The zero-order valence-electron chi connectivity index (χ0n) is 17.9. The van der Waals surface area contributed by atoms with Crippen LogP contribution in [-0.2, 0) is 11.3 Å². The number of aryl methyl sites for hydroxylation is 1. The standard InChI is InChI=1S/C24H33N3O2/c1-20-7-4-5-8-23(20)24(28)27(14-6-13-26-15-17-29-18-16-26)19-21-9-11-22(12-10-21)25(2)3/h4-5,7-12H,6,13-19H2,1-3H3. The van der Waals surface area contributed by atoms with Crippen LogP contribution in [0.4, 0.5) is 5.69 Å². The Bertz CT molecular complexity index is 783. The number of benzene rings is 2. The van der Waals surface area contributed by atoms with Crippen molar-refractivity contribution in [3.8, 4) is 0 Å². The summed E-state index contributed by atoms with van der Waals surface area (Å²) in [5, 5.41) is 0. The van der Waals surface area contributed by atoms with E-state index < -0.39 is 0 Å². The van der Waals surface area contributed by atoms with E-state index in [1.807, 2.05) is 50.2 Å². The molecule has 156 valence electrons. The van der Waals surface area contributed by atoms with Gasteiger partial charge in [0.05, 0.1) is 13.2 Å². The molecule has 1 fully saturated rings. The van der Waals surface area contributed by atoms with Gasteiger partial charge in [-0.1, -0.05) is 30.3 Å². The highest BCUT2D eigenvalue weighted by molar-refractivity contribution is 5.95. The Balaban J connectivity index is 1.69. The van der Waals surface area contributed by atoms with Crippen molar-refractivity contribution in [3.63, 3.8) is 0 Å². The smallest absolute Gasteiger partial charge is 0.254 e. The van der Waals surface area contributed by atoms with Gasteiger partial charge >= 0.3 is 0 Å². The molecule has 0 aromatic heterocycles. The molecule has 1 heterocycles. The van der Waals surface area contributed by atoms with Crippen molar-refractivity contribution < 1.29 is 9.53 Å². The SMILES string of the molecule is Cc1ccccc1C(=O)N(CCCN1CCOCC1)Cc1ccc(N(C)C)cc1. The molecule has 0 unspecified atom stereocenters. The second-order valence-electron chi connectivity index (χ2n) is 7.91. The topological polar surface area (TPSA) is 36.0 Å². The zero-order chi connectivity index (χ0) is 20.6. The third-order valence-corrected chi connectivity index (χ3v) is 5.49. The van der Waals surface area contributed by atoms with Gasteiger partial charge in [0.25, 0.3) is 5.91 Å². The largest absolute Gasteiger partial charge is 0.379 e. The van der Waals surface area contributed by atoms with Crippen molar-refractivity contribution in [1.82, 2.24) is 9.80 Å². The number of carbonyl (C=O) groups is 1. The molecule has 1 aliphatic heterocycles. The number of amides is 1. The first kappa shape index (κ1) is 21.3. The third kappa shape index (κ3) is 6.05. The summed E-state index contributed by atoms with van der Waals surface area (Å²) in [6, 6.07) is 16.3. The second kappa shape index (κ2) is 10.4. The van der Waals surface area contributed by atoms with E-state index in [1.54, 1.807) is 0 Å². The maximum Gasteiger partial charge on any atom is 0.254 e. The van der Waals surface area contributed by atoms with Crippen molar-refractivity contribution in [2.24, 2.45) is 0 Å². The minimum atomic E-state index is 0.113. The monoisotopic (exact) mass is 395 g/mol. The van der Waals surface area contributed by atoms with Gasteiger partial charge in [0.15, 0.2) is 0 Å². The number of carbonyl (C=O) groups excluding carboxylic acids is 1. The Hall–Kier alpha value is -2.37. The molecule has 5 nitrogen and oxygen atoms in total. The van der Waals surface area contributed by atoms with E-state index in [0.717, 1.165) is 68.2 Å². The van der Waals surface area contributed by atoms with Crippen LogP contribution in [0, 0.1) is 6.92 Å². The van der Waals surface area contributed by atoms with Gasteiger partial charge in [-0.15, -0.1) is 0 Å². The maximum absolute atomic E-state index is 13.3. The van der Waals surface area contributed by atoms with Crippen LogP contribution < -0.4 is 4.90 Å². The van der Waals surface area contributed by atoms with Gasteiger partial charge in [-0.05, 0) is 42.7 Å². The van der Waals surface area contributed by atoms with Crippen LogP contribution in [0.5, 0.6) is 0 Å². The predicted octanol–water partition coefficient (Wildman–Crippen LogP) is 3.43. The number of hydrogen-bond acceptors (Lipinski definition) is 4. The fourth-order valence-corrected chi connectivity index (χ4v) is 3.67. The minimum absolute atomic E-state index is 0.113. The van der Waals surface area contributed by atoms with Gasteiger partial charge in [-0.25, -0.2) is 0 Å². The second-order valence-corrected chi connectivity index (χ2v) is 7.91. The molecular weight excluding hydrogens is 362 g/mol. The normalized spacial score (nSPS) is 14.6. The van der Waals surface area contributed by atoms with E-state index >= 15 is 0 Å². The van der Waals surface area contributed by atoms with Crippen LogP contribution in [0.2, 0.25) is 0 Å². The predicted molar refractivity (Wildman–Crippen MR) is 119 cm³/mol. The van der Waals surface area contributed by atoms with E-state index in [4.69, 9.17) is 4.74 Å². The first-order valence-corrected chi connectivity index (χ1v) is 10.5. The average molecular weight is 396 g/mol. The maximum atomic E-state index is 13.3. The first-order chi connectivity index (χ1) is 14.0. The number of rotatable bonds is 8. The highest BCUT2D eigenvalue weighted by atomic mass is 16.5. The van der Waals surface area contributed by atoms with Crippen LogP contribution in [0.3, 0.4) is 0 Å². The summed E-state index contributed by atoms with van der Waals surface area (Å²) in [7, 11) is 4.07. The summed E-state index contributed by atoms with van der Waals surface area (Å²) in [5.41, 5.74) is 4.14. The van der Waals surface area contributed by atoms with Gasteiger partial charge in [0.1, 0.15) is 0 Å². The average Bonchev–Trinajstić information content (AvgIpc) is 2.74. The summed E-state index contributed by atoms with van der Waals surface area (Å²) in [5.74, 6) is 0.113. The highest BCUT2D eigenvalue weighted by Crippen LogP contribution is 2.17. The van der Waals surface area contributed by atoms with Crippen molar-refractivity contribution >= 4 is 11.6 Å². The van der Waals surface area contributed by atoms with Gasteiger partial charge in [0.2, 0.25) is 0 Å². The third-order valence-electron chi connectivity index (χ3n) is 5.49. The summed E-state index contributed by atoms with van der Waals surface area (Å²) < 4.78 is 5.43. The molecule has 29 heavy (non-hydrogen) atoms. The van der Waals surface area contributed by atoms with Crippen LogP contribution in [-0.4, -0.2) is 69.2 Å². The number of nitrogens with zero attached hydrogens (tertiary/aromatic N) is 3.